The van der Waals surface area contributed by atoms with E-state index in [4.69, 9.17) is 22.7 Å². The van der Waals surface area contributed by atoms with Crippen molar-refractivity contribution in [1.82, 2.24) is 0 Å². The first kappa shape index (κ1) is 15.5. The molecule has 0 saturated heterocycles. The Labute approximate surface area is 117 Å². The topological polar surface area (TPSA) is 64.3 Å². The molecule has 1 rings (SSSR count). The molecule has 0 aliphatic carbocycles. The van der Waals surface area contributed by atoms with Crippen LogP contribution in [0.25, 0.3) is 0 Å². The highest BCUT2D eigenvalue weighted by Gasteiger charge is 2.16. The summed E-state index contributed by atoms with van der Waals surface area (Å²) in [5.74, 6) is -0.958. The Bertz CT molecular complexity index is 498. The number of carbonyl (C=O) groups is 1. The molecule has 0 aromatic heterocycles. The van der Waals surface area contributed by atoms with E-state index in [-0.39, 0.29) is 22.8 Å². The number of carbonyl (C=O) groups excluding carboxylic acids is 1. The van der Waals surface area contributed by atoms with Gasteiger partial charge in [0.15, 0.2) is 0 Å². The number of hydrogen-bond donors (Lipinski definition) is 2. The number of ether oxygens (including phenoxy) is 1. The van der Waals surface area contributed by atoms with E-state index >= 15 is 0 Å². The monoisotopic (exact) mass is 284 g/mol. The van der Waals surface area contributed by atoms with Crippen molar-refractivity contribution in [1.29, 1.82) is 0 Å². The zero-order valence-corrected chi connectivity index (χ0v) is 11.9. The number of benzene rings is 1. The summed E-state index contributed by atoms with van der Waals surface area (Å²) in [5, 5.41) is 2.53. The molecule has 1 amide bonds. The quantitative estimate of drug-likeness (QED) is 0.832. The first-order valence-corrected chi connectivity index (χ1v) is 6.13. The average molecular weight is 284 g/mol. The van der Waals surface area contributed by atoms with Crippen LogP contribution in [0, 0.1) is 5.82 Å². The summed E-state index contributed by atoms with van der Waals surface area (Å²) in [6, 6.07) is 4.24. The van der Waals surface area contributed by atoms with Crippen LogP contribution < -0.4 is 11.1 Å². The summed E-state index contributed by atoms with van der Waals surface area (Å²) < 4.78 is 18.9. The smallest absolute Gasteiger partial charge is 0.250 e. The Hall–Kier alpha value is -1.53. The summed E-state index contributed by atoms with van der Waals surface area (Å²) in [6.07, 6.45) is 0. The van der Waals surface area contributed by atoms with Crippen molar-refractivity contribution in [2.75, 3.05) is 11.9 Å². The normalized spacial score (nSPS) is 11.2. The number of hydrogen-bond acceptors (Lipinski definition) is 3. The molecule has 0 bridgehead atoms. The van der Waals surface area contributed by atoms with Gasteiger partial charge in [-0.05, 0) is 32.9 Å². The maximum absolute atomic E-state index is 13.6. The van der Waals surface area contributed by atoms with Crippen LogP contribution >= 0.6 is 12.2 Å². The lowest BCUT2D eigenvalue weighted by Gasteiger charge is -2.19. The molecular formula is C13H17FN2O2S. The summed E-state index contributed by atoms with van der Waals surface area (Å²) in [4.78, 5) is 11.6. The van der Waals surface area contributed by atoms with Crippen molar-refractivity contribution in [3.05, 3.63) is 29.6 Å². The van der Waals surface area contributed by atoms with Gasteiger partial charge in [-0.2, -0.15) is 0 Å². The van der Waals surface area contributed by atoms with E-state index in [0.29, 0.717) is 0 Å². The predicted octanol–water partition coefficient (Wildman–Crippen LogP) is 2.21. The first-order valence-electron chi connectivity index (χ1n) is 5.73. The molecule has 1 aromatic rings. The second-order valence-electron chi connectivity index (χ2n) is 4.98. The molecule has 4 nitrogen and oxygen atoms in total. The number of thiocarbonyl (C=S) groups is 1. The number of anilines is 1. The third kappa shape index (κ3) is 4.92. The fraction of sp³-hybridized carbons (Fsp3) is 0.385. The van der Waals surface area contributed by atoms with E-state index in [1.54, 1.807) is 0 Å². The maximum Gasteiger partial charge on any atom is 0.250 e. The van der Waals surface area contributed by atoms with Crippen LogP contribution in [0.2, 0.25) is 0 Å². The molecule has 0 aliphatic rings. The van der Waals surface area contributed by atoms with Crippen LogP contribution in [0.5, 0.6) is 0 Å². The van der Waals surface area contributed by atoms with Gasteiger partial charge in [-0.15, -0.1) is 0 Å². The number of amides is 1. The van der Waals surface area contributed by atoms with Gasteiger partial charge >= 0.3 is 0 Å². The maximum atomic E-state index is 13.6. The van der Waals surface area contributed by atoms with Gasteiger partial charge in [-0.25, -0.2) is 4.39 Å². The molecule has 0 aliphatic heterocycles. The molecule has 0 atom stereocenters. The second kappa shape index (κ2) is 6.08. The molecule has 19 heavy (non-hydrogen) atoms. The highest BCUT2D eigenvalue weighted by molar-refractivity contribution is 7.80. The lowest BCUT2D eigenvalue weighted by Crippen LogP contribution is -2.28. The van der Waals surface area contributed by atoms with Gasteiger partial charge in [-0.1, -0.05) is 18.3 Å². The standard InChI is InChI=1S/C13H17FN2O2S/c1-13(2,3)18-7-10(17)16-9-6-4-5-8(14)11(9)12(15)19/h4-6H,7H2,1-3H3,(H2,15,19)(H,16,17). The minimum atomic E-state index is -0.568. The fourth-order valence-electron chi connectivity index (χ4n) is 1.35. The van der Waals surface area contributed by atoms with Gasteiger partial charge in [0, 0.05) is 0 Å². The SMILES string of the molecule is CC(C)(C)OCC(=O)Nc1cccc(F)c1C(N)=S. The summed E-state index contributed by atoms with van der Waals surface area (Å²) >= 11 is 4.77. The van der Waals surface area contributed by atoms with Crippen molar-refractivity contribution in [3.63, 3.8) is 0 Å². The number of halogens is 1. The van der Waals surface area contributed by atoms with Crippen LogP contribution in [-0.4, -0.2) is 23.1 Å². The highest BCUT2D eigenvalue weighted by atomic mass is 32.1. The molecule has 6 heteroatoms. The zero-order valence-electron chi connectivity index (χ0n) is 11.1. The molecular weight excluding hydrogens is 267 g/mol. The van der Waals surface area contributed by atoms with Gasteiger partial charge in [0.05, 0.1) is 16.9 Å². The lowest BCUT2D eigenvalue weighted by molar-refractivity contribution is -0.125. The molecule has 0 unspecified atom stereocenters. The van der Waals surface area contributed by atoms with Crippen LogP contribution in [0.15, 0.2) is 18.2 Å². The lowest BCUT2D eigenvalue weighted by atomic mass is 10.1. The molecule has 0 spiro atoms. The molecule has 1 aromatic carbocycles. The van der Waals surface area contributed by atoms with E-state index in [0.717, 1.165) is 0 Å². The molecule has 104 valence electrons. The second-order valence-corrected chi connectivity index (χ2v) is 5.42. The molecule has 0 heterocycles. The molecule has 3 N–H and O–H groups in total. The van der Waals surface area contributed by atoms with Crippen LogP contribution in [-0.2, 0) is 9.53 Å². The largest absolute Gasteiger partial charge is 0.389 e. The summed E-state index contributed by atoms with van der Waals surface area (Å²) in [7, 11) is 0. The molecule has 0 radical (unpaired) electrons. The van der Waals surface area contributed by atoms with Crippen molar-refractivity contribution >= 4 is 28.8 Å². The van der Waals surface area contributed by atoms with Gasteiger partial charge in [0.2, 0.25) is 5.91 Å². The van der Waals surface area contributed by atoms with E-state index in [9.17, 15) is 9.18 Å². The molecule has 0 saturated carbocycles. The van der Waals surface area contributed by atoms with Gasteiger partial charge in [-0.3, -0.25) is 4.79 Å². The molecule has 0 fully saturated rings. The third-order valence-corrected chi connectivity index (χ3v) is 2.37. The predicted molar refractivity (Wildman–Crippen MR) is 76.6 cm³/mol. The third-order valence-electron chi connectivity index (χ3n) is 2.17. The Morgan fingerprint density at radius 1 is 1.47 bits per heavy atom. The number of rotatable bonds is 4. The fourth-order valence-corrected chi connectivity index (χ4v) is 1.55. The Kier molecular flexibility index (Phi) is 4.97. The van der Waals surface area contributed by atoms with E-state index in [1.165, 1.54) is 18.2 Å². The van der Waals surface area contributed by atoms with Crippen LogP contribution in [0.4, 0.5) is 10.1 Å². The summed E-state index contributed by atoms with van der Waals surface area (Å²) in [6.45, 7) is 5.38. The van der Waals surface area contributed by atoms with Gasteiger partial charge in [0.1, 0.15) is 17.4 Å². The Balaban J connectivity index is 2.80. The van der Waals surface area contributed by atoms with Crippen molar-refractivity contribution < 1.29 is 13.9 Å². The first-order chi connectivity index (χ1) is 8.70. The van der Waals surface area contributed by atoms with Crippen molar-refractivity contribution in [2.24, 2.45) is 5.73 Å². The van der Waals surface area contributed by atoms with E-state index in [2.05, 4.69) is 5.32 Å². The number of nitrogens with two attached hydrogens (primary N) is 1. The number of nitrogens with one attached hydrogen (secondary N) is 1. The Morgan fingerprint density at radius 3 is 2.63 bits per heavy atom. The van der Waals surface area contributed by atoms with E-state index < -0.39 is 17.3 Å². The van der Waals surface area contributed by atoms with Crippen LogP contribution in [0.3, 0.4) is 0 Å². The van der Waals surface area contributed by atoms with Crippen LogP contribution in [0.1, 0.15) is 26.3 Å². The summed E-state index contributed by atoms with van der Waals surface area (Å²) in [5.41, 5.74) is 5.29. The van der Waals surface area contributed by atoms with Crippen molar-refractivity contribution in [3.8, 4) is 0 Å². The van der Waals surface area contributed by atoms with E-state index in [1.807, 2.05) is 20.8 Å². The van der Waals surface area contributed by atoms with Gasteiger partial charge < -0.3 is 15.8 Å². The average Bonchev–Trinajstić information content (AvgIpc) is 2.25. The Morgan fingerprint density at radius 2 is 2.11 bits per heavy atom. The van der Waals surface area contributed by atoms with Crippen molar-refractivity contribution in [2.45, 2.75) is 26.4 Å². The minimum absolute atomic E-state index is 0.0293. The zero-order chi connectivity index (χ0) is 14.6. The highest BCUT2D eigenvalue weighted by Crippen LogP contribution is 2.19. The minimum Gasteiger partial charge on any atom is -0.389 e. The van der Waals surface area contributed by atoms with Gasteiger partial charge in [0.25, 0.3) is 0 Å².